The van der Waals surface area contributed by atoms with Gasteiger partial charge in [0, 0.05) is 41.1 Å². The predicted molar refractivity (Wildman–Crippen MR) is 85.9 cm³/mol. The third kappa shape index (κ3) is 1.92. The van der Waals surface area contributed by atoms with Crippen LogP contribution >= 0.6 is 0 Å². The summed E-state index contributed by atoms with van der Waals surface area (Å²) >= 11 is 0. The molecule has 2 aromatic rings. The Morgan fingerprint density at radius 2 is 2.23 bits per heavy atom. The number of ether oxygens (including phenoxy) is 1. The van der Waals surface area contributed by atoms with Crippen molar-refractivity contribution in [3.05, 3.63) is 30.5 Å². The maximum Gasteiger partial charge on any atom is 0.319 e. The average molecular weight is 299 g/mol. The molecule has 0 bridgehead atoms. The van der Waals surface area contributed by atoms with E-state index in [9.17, 15) is 4.79 Å². The van der Waals surface area contributed by atoms with Crippen LogP contribution in [0.15, 0.2) is 30.5 Å². The van der Waals surface area contributed by atoms with Gasteiger partial charge < -0.3 is 20.4 Å². The zero-order chi connectivity index (χ0) is 15.3. The fourth-order valence-electron chi connectivity index (χ4n) is 4.11. The van der Waals surface area contributed by atoms with Crippen molar-refractivity contribution in [2.45, 2.75) is 32.4 Å². The highest BCUT2D eigenvalue weighted by Crippen LogP contribution is 2.52. The van der Waals surface area contributed by atoms with E-state index in [1.54, 1.807) is 0 Å². The summed E-state index contributed by atoms with van der Waals surface area (Å²) in [5, 5.41) is 7.14. The third-order valence-corrected chi connectivity index (χ3v) is 5.23. The first kappa shape index (κ1) is 13.6. The molecule has 1 aromatic heterocycles. The van der Waals surface area contributed by atoms with Gasteiger partial charge in [0.25, 0.3) is 0 Å². The summed E-state index contributed by atoms with van der Waals surface area (Å²) in [5.41, 5.74) is 1.84. The Morgan fingerprint density at radius 1 is 1.36 bits per heavy atom. The highest BCUT2D eigenvalue weighted by atomic mass is 16.5. The summed E-state index contributed by atoms with van der Waals surface area (Å²) in [4.78, 5) is 15.5. The molecule has 2 heterocycles. The Bertz CT molecular complexity index is 722. The first-order valence-corrected chi connectivity index (χ1v) is 7.82. The van der Waals surface area contributed by atoms with Crippen molar-refractivity contribution >= 4 is 22.6 Å². The van der Waals surface area contributed by atoms with Gasteiger partial charge in [0.05, 0.1) is 11.8 Å². The van der Waals surface area contributed by atoms with E-state index in [1.807, 2.05) is 30.5 Å². The second-order valence-corrected chi connectivity index (χ2v) is 6.89. The van der Waals surface area contributed by atoms with E-state index in [0.29, 0.717) is 5.92 Å². The van der Waals surface area contributed by atoms with Crippen LogP contribution < -0.4 is 10.6 Å². The number of benzene rings is 1. The first-order valence-electron chi connectivity index (χ1n) is 7.82. The highest BCUT2D eigenvalue weighted by Gasteiger charge is 2.59. The molecule has 1 aliphatic heterocycles. The molecular weight excluding hydrogens is 278 g/mol. The number of amides is 2. The molecule has 5 nitrogen and oxygen atoms in total. The number of aromatic nitrogens is 1. The quantitative estimate of drug-likeness (QED) is 0.797. The molecule has 0 radical (unpaired) electrons. The van der Waals surface area contributed by atoms with Crippen LogP contribution in [-0.4, -0.2) is 29.8 Å². The van der Waals surface area contributed by atoms with Crippen molar-refractivity contribution in [1.82, 2.24) is 10.3 Å². The van der Waals surface area contributed by atoms with Gasteiger partial charge in [0.2, 0.25) is 0 Å². The largest absolute Gasteiger partial charge is 0.377 e. The Labute approximate surface area is 129 Å². The lowest BCUT2D eigenvalue weighted by molar-refractivity contribution is -0.107. The molecule has 2 amide bonds. The average Bonchev–Trinajstić information content (AvgIpc) is 3.13. The van der Waals surface area contributed by atoms with Crippen LogP contribution in [0.2, 0.25) is 0 Å². The van der Waals surface area contributed by atoms with Gasteiger partial charge in [-0.3, -0.25) is 0 Å². The first-order chi connectivity index (χ1) is 10.6. The van der Waals surface area contributed by atoms with Gasteiger partial charge in [-0.05, 0) is 24.6 Å². The van der Waals surface area contributed by atoms with Crippen LogP contribution in [0.25, 0.3) is 10.9 Å². The van der Waals surface area contributed by atoms with E-state index in [4.69, 9.17) is 4.74 Å². The Balaban J connectivity index is 1.48. The normalized spacial score (nSPS) is 28.9. The number of H-pyrrole nitrogens is 1. The van der Waals surface area contributed by atoms with Crippen LogP contribution in [0, 0.1) is 11.3 Å². The van der Waals surface area contributed by atoms with Gasteiger partial charge >= 0.3 is 6.03 Å². The van der Waals surface area contributed by atoms with Crippen LogP contribution in [0.3, 0.4) is 0 Å². The number of urea groups is 1. The minimum Gasteiger partial charge on any atom is -0.377 e. The second kappa shape index (κ2) is 4.74. The van der Waals surface area contributed by atoms with Gasteiger partial charge in [0.1, 0.15) is 0 Å². The van der Waals surface area contributed by atoms with Gasteiger partial charge in [-0.15, -0.1) is 0 Å². The number of fused-ring (bicyclic) bond motifs is 2. The number of hydrogen-bond acceptors (Lipinski definition) is 2. The van der Waals surface area contributed by atoms with Crippen molar-refractivity contribution in [3.8, 4) is 0 Å². The molecule has 1 aromatic carbocycles. The summed E-state index contributed by atoms with van der Waals surface area (Å²) < 4.78 is 5.77. The summed E-state index contributed by atoms with van der Waals surface area (Å²) in [6.45, 7) is 5.13. The zero-order valence-corrected chi connectivity index (χ0v) is 12.8. The number of nitrogens with one attached hydrogen (secondary N) is 3. The lowest BCUT2D eigenvalue weighted by Crippen LogP contribution is -2.67. The molecule has 2 aliphatic rings. The van der Waals surface area contributed by atoms with Gasteiger partial charge in [-0.25, -0.2) is 4.79 Å². The monoisotopic (exact) mass is 299 g/mol. The number of hydrogen-bond donors (Lipinski definition) is 3. The van der Waals surface area contributed by atoms with Crippen LogP contribution in [-0.2, 0) is 4.74 Å². The van der Waals surface area contributed by atoms with Gasteiger partial charge in [-0.1, -0.05) is 19.9 Å². The van der Waals surface area contributed by atoms with Crippen molar-refractivity contribution in [1.29, 1.82) is 0 Å². The Kier molecular flexibility index (Phi) is 2.94. The molecule has 5 heteroatoms. The molecular formula is C17H21N3O2. The Hall–Kier alpha value is -2.01. The number of rotatable bonds is 2. The molecule has 1 saturated carbocycles. The third-order valence-electron chi connectivity index (χ3n) is 5.23. The smallest absolute Gasteiger partial charge is 0.319 e. The molecule has 0 unspecified atom stereocenters. The molecule has 3 atom stereocenters. The molecule has 4 rings (SSSR count). The van der Waals surface area contributed by atoms with Crippen LogP contribution in [0.4, 0.5) is 10.5 Å². The van der Waals surface area contributed by atoms with E-state index in [2.05, 4.69) is 29.5 Å². The van der Waals surface area contributed by atoms with E-state index >= 15 is 0 Å². The highest BCUT2D eigenvalue weighted by molar-refractivity contribution is 6.00. The standard InChI is InChI=1S/C17H21N3O2/c1-17(2)14(11-7-9-22-15(11)17)20-16(21)19-13-5-3-4-12-10(13)6-8-18-12/h3-6,8,11,14-15,18H,7,9H2,1-2H3,(H2,19,20,21)/t11-,14+,15-/m0/s1. The number of carbonyl (C=O) groups excluding carboxylic acids is 1. The summed E-state index contributed by atoms with van der Waals surface area (Å²) in [7, 11) is 0. The molecule has 1 aliphatic carbocycles. The second-order valence-electron chi connectivity index (χ2n) is 6.89. The van der Waals surface area contributed by atoms with Gasteiger partial charge in [-0.2, -0.15) is 0 Å². The van der Waals surface area contributed by atoms with E-state index in [0.717, 1.165) is 29.6 Å². The number of aromatic amines is 1. The van der Waals surface area contributed by atoms with E-state index in [1.165, 1.54) is 0 Å². The maximum absolute atomic E-state index is 12.4. The topological polar surface area (TPSA) is 66.2 Å². The Morgan fingerprint density at radius 3 is 3.09 bits per heavy atom. The summed E-state index contributed by atoms with van der Waals surface area (Å²) in [5.74, 6) is 0.448. The zero-order valence-electron chi connectivity index (χ0n) is 12.8. The van der Waals surface area contributed by atoms with Crippen molar-refractivity contribution in [2.75, 3.05) is 11.9 Å². The van der Waals surface area contributed by atoms with Crippen molar-refractivity contribution in [3.63, 3.8) is 0 Å². The molecule has 1 saturated heterocycles. The molecule has 3 N–H and O–H groups in total. The van der Waals surface area contributed by atoms with Crippen molar-refractivity contribution < 1.29 is 9.53 Å². The van der Waals surface area contributed by atoms with E-state index < -0.39 is 0 Å². The molecule has 2 fully saturated rings. The van der Waals surface area contributed by atoms with E-state index in [-0.39, 0.29) is 23.6 Å². The van der Waals surface area contributed by atoms with Gasteiger partial charge in [0.15, 0.2) is 0 Å². The minimum absolute atomic E-state index is 0.00139. The molecule has 116 valence electrons. The van der Waals surface area contributed by atoms with Crippen LogP contribution in [0.5, 0.6) is 0 Å². The number of anilines is 1. The maximum atomic E-state index is 12.4. The summed E-state index contributed by atoms with van der Waals surface area (Å²) in [6.07, 6.45) is 3.20. The summed E-state index contributed by atoms with van der Waals surface area (Å²) in [6, 6.07) is 7.85. The SMILES string of the molecule is CC1(C)[C@H](NC(=O)Nc2cccc3[nH]ccc23)[C@@H]2CCO[C@@H]21. The molecule has 22 heavy (non-hydrogen) atoms. The lowest BCUT2D eigenvalue weighted by atomic mass is 9.57. The molecule has 0 spiro atoms. The predicted octanol–water partition coefficient (Wildman–Crippen LogP) is 3.10. The fraction of sp³-hybridized carbons (Fsp3) is 0.471. The lowest BCUT2D eigenvalue weighted by Gasteiger charge is -2.54. The van der Waals surface area contributed by atoms with Crippen LogP contribution in [0.1, 0.15) is 20.3 Å². The fourth-order valence-corrected chi connectivity index (χ4v) is 4.11. The minimum atomic E-state index is -0.142. The van der Waals surface area contributed by atoms with Crippen molar-refractivity contribution in [2.24, 2.45) is 11.3 Å². The number of carbonyl (C=O) groups is 1.